The topological polar surface area (TPSA) is 75.6 Å². The van der Waals surface area contributed by atoms with E-state index >= 15 is 0 Å². The zero-order valence-electron chi connectivity index (χ0n) is 11.5. The van der Waals surface area contributed by atoms with Crippen molar-refractivity contribution in [1.29, 1.82) is 0 Å². The normalized spacial score (nSPS) is 15.4. The highest BCUT2D eigenvalue weighted by Gasteiger charge is 2.33. The van der Waals surface area contributed by atoms with Crippen LogP contribution >= 0.6 is 0 Å². The van der Waals surface area contributed by atoms with Crippen LogP contribution in [0.25, 0.3) is 0 Å². The minimum absolute atomic E-state index is 0.0268. The number of hydrogen-bond donors (Lipinski definition) is 2. The molecule has 5 nitrogen and oxygen atoms in total. The first kappa shape index (κ1) is 14.4. The van der Waals surface area contributed by atoms with Crippen molar-refractivity contribution >= 4 is 11.9 Å². The molecule has 1 amide bonds. The number of aryl methyl sites for hydroxylation is 1. The van der Waals surface area contributed by atoms with E-state index in [1.54, 1.807) is 12.1 Å². The van der Waals surface area contributed by atoms with Crippen LogP contribution in [-0.4, -0.2) is 29.6 Å². The van der Waals surface area contributed by atoms with E-state index in [-0.39, 0.29) is 25.0 Å². The van der Waals surface area contributed by atoms with E-state index in [0.29, 0.717) is 11.7 Å². The van der Waals surface area contributed by atoms with Gasteiger partial charge < -0.3 is 15.2 Å². The third-order valence-corrected chi connectivity index (χ3v) is 3.32. The molecule has 1 saturated carbocycles. The first-order valence-corrected chi connectivity index (χ1v) is 6.75. The lowest BCUT2D eigenvalue weighted by Gasteiger charge is -2.16. The second-order valence-electron chi connectivity index (χ2n) is 5.21. The van der Waals surface area contributed by atoms with Gasteiger partial charge in [-0.3, -0.25) is 9.59 Å². The molecule has 0 bridgehead atoms. The van der Waals surface area contributed by atoms with Crippen LogP contribution in [0.4, 0.5) is 0 Å². The SMILES string of the molecule is Cc1ccc(OCC(=O)NC(CC(=O)O)C2CC2)cc1. The Morgan fingerprint density at radius 1 is 1.35 bits per heavy atom. The van der Waals surface area contributed by atoms with Crippen LogP contribution in [-0.2, 0) is 9.59 Å². The first-order valence-electron chi connectivity index (χ1n) is 6.75. The second-order valence-corrected chi connectivity index (χ2v) is 5.21. The van der Waals surface area contributed by atoms with Crippen LogP contribution in [0.3, 0.4) is 0 Å². The van der Waals surface area contributed by atoms with Gasteiger partial charge in [-0.15, -0.1) is 0 Å². The highest BCUT2D eigenvalue weighted by molar-refractivity contribution is 5.79. The van der Waals surface area contributed by atoms with Crippen molar-refractivity contribution < 1.29 is 19.4 Å². The molecule has 0 spiro atoms. The number of rotatable bonds is 7. The number of aliphatic carboxylic acids is 1. The summed E-state index contributed by atoms with van der Waals surface area (Å²) >= 11 is 0. The summed E-state index contributed by atoms with van der Waals surface area (Å²) in [5, 5.41) is 11.6. The molecule has 1 aromatic carbocycles. The number of hydrogen-bond acceptors (Lipinski definition) is 3. The molecule has 2 N–H and O–H groups in total. The summed E-state index contributed by atoms with van der Waals surface area (Å²) in [6.07, 6.45) is 1.94. The van der Waals surface area contributed by atoms with Gasteiger partial charge in [0.2, 0.25) is 0 Å². The zero-order chi connectivity index (χ0) is 14.5. The summed E-state index contributed by atoms with van der Waals surface area (Å²) in [5.74, 6) is -0.230. The van der Waals surface area contributed by atoms with E-state index < -0.39 is 5.97 Å². The monoisotopic (exact) mass is 277 g/mol. The van der Waals surface area contributed by atoms with E-state index in [2.05, 4.69) is 5.32 Å². The van der Waals surface area contributed by atoms with Crippen LogP contribution in [0.15, 0.2) is 24.3 Å². The molecule has 0 aromatic heterocycles. The standard InChI is InChI=1S/C15H19NO4/c1-10-2-6-12(7-3-10)20-9-14(17)16-13(8-15(18)19)11-4-5-11/h2-3,6-7,11,13H,4-5,8-9H2,1H3,(H,16,17)(H,18,19). The van der Waals surface area contributed by atoms with E-state index in [9.17, 15) is 9.59 Å². The molecule has 0 radical (unpaired) electrons. The second kappa shape index (κ2) is 6.41. The van der Waals surface area contributed by atoms with Crippen molar-refractivity contribution in [2.75, 3.05) is 6.61 Å². The van der Waals surface area contributed by atoms with Gasteiger partial charge in [0.1, 0.15) is 5.75 Å². The van der Waals surface area contributed by atoms with Crippen LogP contribution in [0.2, 0.25) is 0 Å². The highest BCUT2D eigenvalue weighted by Crippen LogP contribution is 2.34. The number of nitrogens with one attached hydrogen (secondary N) is 1. The van der Waals surface area contributed by atoms with Crippen molar-refractivity contribution in [3.8, 4) is 5.75 Å². The van der Waals surface area contributed by atoms with E-state index in [1.165, 1.54) is 0 Å². The average Bonchev–Trinajstić information content (AvgIpc) is 3.21. The molecule has 1 unspecified atom stereocenters. The van der Waals surface area contributed by atoms with E-state index in [0.717, 1.165) is 18.4 Å². The summed E-state index contributed by atoms with van der Waals surface area (Å²) < 4.78 is 5.37. The lowest BCUT2D eigenvalue weighted by Crippen LogP contribution is -2.40. The van der Waals surface area contributed by atoms with Crippen molar-refractivity contribution in [1.82, 2.24) is 5.32 Å². The molecule has 0 saturated heterocycles. The molecule has 0 aliphatic heterocycles. The van der Waals surface area contributed by atoms with Gasteiger partial charge in [0.05, 0.1) is 6.42 Å². The Morgan fingerprint density at radius 2 is 2.00 bits per heavy atom. The lowest BCUT2D eigenvalue weighted by atomic mass is 10.1. The summed E-state index contributed by atoms with van der Waals surface area (Å²) in [4.78, 5) is 22.5. The number of carbonyl (C=O) groups is 2. The van der Waals surface area contributed by atoms with Gasteiger partial charge in [0, 0.05) is 6.04 Å². The van der Waals surface area contributed by atoms with Crippen molar-refractivity contribution in [3.05, 3.63) is 29.8 Å². The lowest BCUT2D eigenvalue weighted by molar-refractivity contribution is -0.138. The molecule has 0 heterocycles. The minimum atomic E-state index is -0.887. The van der Waals surface area contributed by atoms with E-state index in [1.807, 2.05) is 19.1 Å². The summed E-state index contributed by atoms with van der Waals surface area (Å²) in [6.45, 7) is 1.88. The minimum Gasteiger partial charge on any atom is -0.484 e. The van der Waals surface area contributed by atoms with Crippen molar-refractivity contribution in [3.63, 3.8) is 0 Å². The predicted molar refractivity (Wildman–Crippen MR) is 73.6 cm³/mol. The number of carboxylic acid groups (broad SMARTS) is 1. The molecule has 1 atom stereocenters. The summed E-state index contributed by atoms with van der Waals surface area (Å²) in [5.41, 5.74) is 1.12. The van der Waals surface area contributed by atoms with Gasteiger partial charge >= 0.3 is 5.97 Å². The number of benzene rings is 1. The molecule has 1 aromatic rings. The number of ether oxygens (including phenoxy) is 1. The fourth-order valence-electron chi connectivity index (χ4n) is 2.05. The summed E-state index contributed by atoms with van der Waals surface area (Å²) in [6, 6.07) is 7.15. The van der Waals surface area contributed by atoms with Crippen LogP contribution in [0.5, 0.6) is 5.75 Å². The molecule has 1 aliphatic rings. The van der Waals surface area contributed by atoms with Crippen molar-refractivity contribution in [2.45, 2.75) is 32.2 Å². The quantitative estimate of drug-likeness (QED) is 0.796. The van der Waals surface area contributed by atoms with Gasteiger partial charge in [0.25, 0.3) is 5.91 Å². The predicted octanol–water partition coefficient (Wildman–Crippen LogP) is 1.74. The first-order chi connectivity index (χ1) is 9.54. The Morgan fingerprint density at radius 3 is 2.55 bits per heavy atom. The molecule has 1 fully saturated rings. The molecular formula is C15H19NO4. The van der Waals surface area contributed by atoms with Crippen LogP contribution < -0.4 is 10.1 Å². The Balaban J connectivity index is 1.79. The molecule has 1 aliphatic carbocycles. The number of carboxylic acids is 1. The summed E-state index contributed by atoms with van der Waals surface area (Å²) in [7, 11) is 0. The number of carbonyl (C=O) groups excluding carboxylic acids is 1. The Bertz CT molecular complexity index is 479. The third-order valence-electron chi connectivity index (χ3n) is 3.32. The van der Waals surface area contributed by atoms with Gasteiger partial charge in [0.15, 0.2) is 6.61 Å². The number of amides is 1. The molecule has 5 heteroatoms. The van der Waals surface area contributed by atoms with Gasteiger partial charge in [-0.05, 0) is 37.8 Å². The highest BCUT2D eigenvalue weighted by atomic mass is 16.5. The molecule has 20 heavy (non-hydrogen) atoms. The Hall–Kier alpha value is -2.04. The Labute approximate surface area is 117 Å². The maximum absolute atomic E-state index is 11.8. The maximum Gasteiger partial charge on any atom is 0.305 e. The van der Waals surface area contributed by atoms with E-state index in [4.69, 9.17) is 9.84 Å². The van der Waals surface area contributed by atoms with Crippen molar-refractivity contribution in [2.24, 2.45) is 5.92 Å². The zero-order valence-corrected chi connectivity index (χ0v) is 11.5. The van der Waals surface area contributed by atoms with Gasteiger partial charge in [-0.1, -0.05) is 17.7 Å². The fraction of sp³-hybridized carbons (Fsp3) is 0.467. The molecule has 2 rings (SSSR count). The fourth-order valence-corrected chi connectivity index (χ4v) is 2.05. The van der Waals surface area contributed by atoms with Gasteiger partial charge in [-0.2, -0.15) is 0 Å². The molecule has 108 valence electrons. The average molecular weight is 277 g/mol. The third kappa shape index (κ3) is 4.57. The van der Waals surface area contributed by atoms with Crippen LogP contribution in [0.1, 0.15) is 24.8 Å². The van der Waals surface area contributed by atoms with Crippen LogP contribution in [0, 0.1) is 12.8 Å². The maximum atomic E-state index is 11.8. The smallest absolute Gasteiger partial charge is 0.305 e. The molecular weight excluding hydrogens is 258 g/mol. The largest absolute Gasteiger partial charge is 0.484 e. The van der Waals surface area contributed by atoms with Gasteiger partial charge in [-0.25, -0.2) is 0 Å². The Kier molecular flexibility index (Phi) is 4.61.